The SMILES string of the molecule is O=C(CNCC1CCCC(O)C1)Nc1cccc(Cl)c1. The van der Waals surface area contributed by atoms with E-state index in [1.165, 1.54) is 0 Å². The Bertz CT molecular complexity index is 453. The zero-order chi connectivity index (χ0) is 14.4. The molecule has 5 heteroatoms. The first kappa shape index (κ1) is 15.3. The smallest absolute Gasteiger partial charge is 0.238 e. The van der Waals surface area contributed by atoms with Crippen LogP contribution in [0.25, 0.3) is 0 Å². The number of halogens is 1. The molecule has 2 rings (SSSR count). The van der Waals surface area contributed by atoms with Crippen LogP contribution >= 0.6 is 11.6 Å². The summed E-state index contributed by atoms with van der Waals surface area (Å²) in [5.41, 5.74) is 0.706. The maximum Gasteiger partial charge on any atom is 0.238 e. The van der Waals surface area contributed by atoms with Gasteiger partial charge in [0.2, 0.25) is 5.91 Å². The minimum Gasteiger partial charge on any atom is -0.393 e. The Morgan fingerprint density at radius 2 is 2.25 bits per heavy atom. The van der Waals surface area contributed by atoms with E-state index in [0.29, 0.717) is 16.6 Å². The summed E-state index contributed by atoms with van der Waals surface area (Å²) in [6.07, 6.45) is 3.77. The number of anilines is 1. The third-order valence-corrected chi connectivity index (χ3v) is 3.82. The summed E-state index contributed by atoms with van der Waals surface area (Å²) < 4.78 is 0. The summed E-state index contributed by atoms with van der Waals surface area (Å²) in [7, 11) is 0. The van der Waals surface area contributed by atoms with Gasteiger partial charge in [0.1, 0.15) is 0 Å². The van der Waals surface area contributed by atoms with Gasteiger partial charge in [0.05, 0.1) is 12.6 Å². The molecule has 0 aliphatic heterocycles. The number of carbonyl (C=O) groups is 1. The number of carbonyl (C=O) groups excluding carboxylic acids is 1. The van der Waals surface area contributed by atoms with Crippen molar-refractivity contribution < 1.29 is 9.90 Å². The maximum absolute atomic E-state index is 11.8. The van der Waals surface area contributed by atoms with Crippen molar-refractivity contribution in [3.8, 4) is 0 Å². The molecule has 110 valence electrons. The predicted octanol–water partition coefficient (Wildman–Crippen LogP) is 2.42. The van der Waals surface area contributed by atoms with Crippen molar-refractivity contribution in [1.82, 2.24) is 5.32 Å². The molecular weight excluding hydrogens is 276 g/mol. The fourth-order valence-corrected chi connectivity index (χ4v) is 2.80. The summed E-state index contributed by atoms with van der Waals surface area (Å²) in [6, 6.07) is 7.09. The summed E-state index contributed by atoms with van der Waals surface area (Å²) in [5, 5.41) is 16.1. The number of rotatable bonds is 5. The largest absolute Gasteiger partial charge is 0.393 e. The van der Waals surface area contributed by atoms with Crippen LogP contribution in [-0.4, -0.2) is 30.2 Å². The molecule has 2 unspecified atom stereocenters. The molecular formula is C15H21ClN2O2. The summed E-state index contributed by atoms with van der Waals surface area (Å²) in [5.74, 6) is 0.390. The predicted molar refractivity (Wildman–Crippen MR) is 80.9 cm³/mol. The van der Waals surface area contributed by atoms with Gasteiger partial charge >= 0.3 is 0 Å². The molecule has 0 heterocycles. The lowest BCUT2D eigenvalue weighted by Crippen LogP contribution is -2.34. The summed E-state index contributed by atoms with van der Waals surface area (Å²) in [4.78, 5) is 11.8. The summed E-state index contributed by atoms with van der Waals surface area (Å²) >= 11 is 5.86. The monoisotopic (exact) mass is 296 g/mol. The third kappa shape index (κ3) is 5.12. The van der Waals surface area contributed by atoms with Gasteiger partial charge in [0.25, 0.3) is 0 Å². The van der Waals surface area contributed by atoms with E-state index in [9.17, 15) is 9.90 Å². The van der Waals surface area contributed by atoms with Crippen LogP contribution in [0.5, 0.6) is 0 Å². The van der Waals surface area contributed by atoms with E-state index in [-0.39, 0.29) is 18.6 Å². The van der Waals surface area contributed by atoms with Crippen LogP contribution in [0, 0.1) is 5.92 Å². The van der Waals surface area contributed by atoms with E-state index in [4.69, 9.17) is 11.6 Å². The van der Waals surface area contributed by atoms with Crippen molar-refractivity contribution in [3.63, 3.8) is 0 Å². The van der Waals surface area contributed by atoms with Crippen LogP contribution < -0.4 is 10.6 Å². The first-order chi connectivity index (χ1) is 9.63. The molecule has 1 aromatic rings. The van der Waals surface area contributed by atoms with E-state index in [1.54, 1.807) is 24.3 Å². The molecule has 0 aromatic heterocycles. The Labute approximate surface area is 124 Å². The standard InChI is InChI=1S/C15H21ClN2O2/c16-12-4-2-5-13(8-12)18-15(20)10-17-9-11-3-1-6-14(19)7-11/h2,4-5,8,11,14,17,19H,1,3,6-7,9-10H2,(H,18,20). The van der Waals surface area contributed by atoms with Crippen LogP contribution in [0.1, 0.15) is 25.7 Å². The van der Waals surface area contributed by atoms with Gasteiger partial charge in [-0.05, 0) is 49.9 Å². The van der Waals surface area contributed by atoms with Gasteiger partial charge in [-0.3, -0.25) is 4.79 Å². The van der Waals surface area contributed by atoms with Crippen molar-refractivity contribution in [3.05, 3.63) is 29.3 Å². The Kier molecular flexibility index (Phi) is 5.83. The van der Waals surface area contributed by atoms with Gasteiger partial charge in [0.15, 0.2) is 0 Å². The number of benzene rings is 1. The van der Waals surface area contributed by atoms with Gasteiger partial charge in [-0.1, -0.05) is 24.1 Å². The van der Waals surface area contributed by atoms with Crippen LogP contribution in [0.3, 0.4) is 0 Å². The average molecular weight is 297 g/mol. The van der Waals surface area contributed by atoms with Gasteiger partial charge in [-0.2, -0.15) is 0 Å². The molecule has 0 bridgehead atoms. The van der Waals surface area contributed by atoms with E-state index < -0.39 is 0 Å². The van der Waals surface area contributed by atoms with Gasteiger partial charge in [-0.25, -0.2) is 0 Å². The van der Waals surface area contributed by atoms with Gasteiger partial charge in [-0.15, -0.1) is 0 Å². The van der Waals surface area contributed by atoms with Crippen LogP contribution in [0.2, 0.25) is 5.02 Å². The lowest BCUT2D eigenvalue weighted by atomic mass is 9.87. The molecule has 3 N–H and O–H groups in total. The van der Waals surface area contributed by atoms with E-state index in [1.807, 2.05) is 0 Å². The van der Waals surface area contributed by atoms with E-state index in [0.717, 1.165) is 32.2 Å². The quantitative estimate of drug-likeness (QED) is 0.782. The Hall–Kier alpha value is -1.10. The Morgan fingerprint density at radius 1 is 1.40 bits per heavy atom. The van der Waals surface area contributed by atoms with Crippen LogP contribution in [0.15, 0.2) is 24.3 Å². The topological polar surface area (TPSA) is 61.4 Å². The zero-order valence-electron chi connectivity index (χ0n) is 11.4. The second-order valence-electron chi connectivity index (χ2n) is 5.38. The number of nitrogens with one attached hydrogen (secondary N) is 2. The van der Waals surface area contributed by atoms with Crippen molar-refractivity contribution >= 4 is 23.2 Å². The lowest BCUT2D eigenvalue weighted by Gasteiger charge is -2.25. The number of hydrogen-bond donors (Lipinski definition) is 3. The molecule has 1 amide bonds. The molecule has 1 fully saturated rings. The highest BCUT2D eigenvalue weighted by Gasteiger charge is 2.19. The third-order valence-electron chi connectivity index (χ3n) is 3.58. The molecule has 1 saturated carbocycles. The second-order valence-corrected chi connectivity index (χ2v) is 5.81. The highest BCUT2D eigenvalue weighted by atomic mass is 35.5. The number of aliphatic hydroxyl groups excluding tert-OH is 1. The van der Waals surface area contributed by atoms with Crippen LogP contribution in [-0.2, 0) is 4.79 Å². The fourth-order valence-electron chi connectivity index (χ4n) is 2.61. The Balaban J connectivity index is 1.67. The Morgan fingerprint density at radius 3 is 3.00 bits per heavy atom. The van der Waals surface area contributed by atoms with Crippen molar-refractivity contribution in [2.45, 2.75) is 31.8 Å². The zero-order valence-corrected chi connectivity index (χ0v) is 12.2. The molecule has 0 saturated heterocycles. The normalized spacial score (nSPS) is 22.5. The minimum atomic E-state index is -0.171. The molecule has 1 aliphatic rings. The number of hydrogen-bond acceptors (Lipinski definition) is 3. The van der Waals surface area contributed by atoms with Gasteiger partial charge < -0.3 is 15.7 Å². The minimum absolute atomic E-state index is 0.0800. The van der Waals surface area contributed by atoms with Crippen molar-refractivity contribution in [2.24, 2.45) is 5.92 Å². The summed E-state index contributed by atoms with van der Waals surface area (Å²) in [6.45, 7) is 1.05. The molecule has 0 radical (unpaired) electrons. The molecule has 20 heavy (non-hydrogen) atoms. The molecule has 4 nitrogen and oxygen atoms in total. The van der Waals surface area contributed by atoms with E-state index in [2.05, 4.69) is 10.6 Å². The first-order valence-electron chi connectivity index (χ1n) is 7.07. The maximum atomic E-state index is 11.8. The number of amides is 1. The fraction of sp³-hybridized carbons (Fsp3) is 0.533. The molecule has 1 aliphatic carbocycles. The van der Waals surface area contributed by atoms with E-state index >= 15 is 0 Å². The molecule has 1 aromatic carbocycles. The first-order valence-corrected chi connectivity index (χ1v) is 7.45. The number of aliphatic hydroxyl groups is 1. The highest BCUT2D eigenvalue weighted by molar-refractivity contribution is 6.30. The molecule has 0 spiro atoms. The average Bonchev–Trinajstić information content (AvgIpc) is 2.38. The molecule has 2 atom stereocenters. The van der Waals surface area contributed by atoms with Crippen molar-refractivity contribution in [1.29, 1.82) is 0 Å². The van der Waals surface area contributed by atoms with Gasteiger partial charge in [0, 0.05) is 10.7 Å². The lowest BCUT2D eigenvalue weighted by molar-refractivity contribution is -0.115. The second kappa shape index (κ2) is 7.62. The van der Waals surface area contributed by atoms with Crippen LogP contribution in [0.4, 0.5) is 5.69 Å². The highest BCUT2D eigenvalue weighted by Crippen LogP contribution is 2.23. The van der Waals surface area contributed by atoms with Crippen molar-refractivity contribution in [2.75, 3.05) is 18.4 Å².